The van der Waals surface area contributed by atoms with E-state index in [1.165, 1.54) is 73.6 Å². The van der Waals surface area contributed by atoms with E-state index in [9.17, 15) is 4.39 Å². The highest BCUT2D eigenvalue weighted by Gasteiger charge is 2.21. The van der Waals surface area contributed by atoms with Crippen LogP contribution in [0, 0.1) is 5.92 Å². The Morgan fingerprint density at radius 2 is 1.50 bits per heavy atom. The van der Waals surface area contributed by atoms with Crippen molar-refractivity contribution in [3.8, 4) is 11.1 Å². The van der Waals surface area contributed by atoms with E-state index >= 15 is 0 Å². The van der Waals surface area contributed by atoms with Gasteiger partial charge in [-0.2, -0.15) is 0 Å². The summed E-state index contributed by atoms with van der Waals surface area (Å²) in [6, 6.07) is 18.4. The fourth-order valence-electron chi connectivity index (χ4n) is 4.57. The van der Waals surface area contributed by atoms with E-state index in [0.29, 0.717) is 12.2 Å². The average molecular weight is 379 g/mol. The third-order valence-corrected chi connectivity index (χ3v) is 6.42. The lowest BCUT2D eigenvalue weighted by Gasteiger charge is -2.28. The van der Waals surface area contributed by atoms with Crippen molar-refractivity contribution in [2.24, 2.45) is 5.92 Å². The third kappa shape index (κ3) is 6.06. The van der Waals surface area contributed by atoms with Crippen LogP contribution in [0.5, 0.6) is 0 Å². The van der Waals surface area contributed by atoms with E-state index in [1.807, 2.05) is 0 Å². The first-order valence-electron chi connectivity index (χ1n) is 11.2. The zero-order chi connectivity index (χ0) is 19.6. The largest absolute Gasteiger partial charge is 0.216 e. The molecule has 0 aliphatic heterocycles. The van der Waals surface area contributed by atoms with Crippen LogP contribution in [0.15, 0.2) is 60.9 Å². The number of rotatable bonds is 9. The van der Waals surface area contributed by atoms with Crippen molar-refractivity contribution in [2.75, 3.05) is 0 Å². The van der Waals surface area contributed by atoms with E-state index in [-0.39, 0.29) is 0 Å². The Hall–Kier alpha value is -1.89. The molecule has 0 spiro atoms. The van der Waals surface area contributed by atoms with Crippen LogP contribution in [0.1, 0.15) is 81.8 Å². The third-order valence-electron chi connectivity index (χ3n) is 6.42. The van der Waals surface area contributed by atoms with Crippen molar-refractivity contribution in [1.29, 1.82) is 0 Å². The van der Waals surface area contributed by atoms with Crippen LogP contribution in [0.3, 0.4) is 0 Å². The predicted molar refractivity (Wildman–Crippen MR) is 119 cm³/mol. The molecule has 1 heteroatoms. The Balaban J connectivity index is 1.52. The first kappa shape index (κ1) is 20.8. The standard InChI is InChI=1S/C27H35F/c1-2-3-4-7-22-9-13-24(14-10-22)26-17-19-27(20-18-26)25-15-11-23(12-16-25)8-5-6-21-28/h6,9-10,13-14,17-21,23,25H,2-5,7-8,11-12,15-16H2,1H3/b21-6+. The zero-order valence-corrected chi connectivity index (χ0v) is 17.4. The minimum atomic E-state index is 0.688. The van der Waals surface area contributed by atoms with Gasteiger partial charge in [0, 0.05) is 0 Å². The Kier molecular flexibility index (Phi) is 8.33. The number of hydrogen-bond donors (Lipinski definition) is 0. The predicted octanol–water partition coefficient (Wildman–Crippen LogP) is 8.62. The number of hydrogen-bond acceptors (Lipinski definition) is 0. The molecule has 1 fully saturated rings. The summed E-state index contributed by atoms with van der Waals surface area (Å²) in [5, 5.41) is 0. The van der Waals surface area contributed by atoms with E-state index < -0.39 is 0 Å². The molecular weight excluding hydrogens is 343 g/mol. The van der Waals surface area contributed by atoms with Gasteiger partial charge < -0.3 is 0 Å². The van der Waals surface area contributed by atoms with E-state index in [4.69, 9.17) is 0 Å². The molecular formula is C27H35F. The fourth-order valence-corrected chi connectivity index (χ4v) is 4.57. The highest BCUT2D eigenvalue weighted by atomic mass is 19.1. The maximum atomic E-state index is 12.1. The monoisotopic (exact) mass is 378 g/mol. The number of halogens is 1. The molecule has 0 heterocycles. The number of allylic oxidation sites excluding steroid dienone is 1. The van der Waals surface area contributed by atoms with Crippen LogP contribution in [-0.4, -0.2) is 0 Å². The van der Waals surface area contributed by atoms with Crippen molar-refractivity contribution in [1.82, 2.24) is 0 Å². The summed E-state index contributed by atoms with van der Waals surface area (Å²) in [6.07, 6.45) is 14.6. The van der Waals surface area contributed by atoms with Crippen molar-refractivity contribution in [3.63, 3.8) is 0 Å². The summed E-state index contributed by atoms with van der Waals surface area (Å²) in [6.45, 7) is 2.26. The van der Waals surface area contributed by atoms with Gasteiger partial charge in [0.15, 0.2) is 0 Å². The lowest BCUT2D eigenvalue weighted by molar-refractivity contribution is 0.311. The first-order valence-corrected chi connectivity index (χ1v) is 11.2. The molecule has 0 bridgehead atoms. The van der Waals surface area contributed by atoms with E-state index in [0.717, 1.165) is 18.8 Å². The molecule has 0 aromatic heterocycles. The Morgan fingerprint density at radius 3 is 2.11 bits per heavy atom. The van der Waals surface area contributed by atoms with Crippen LogP contribution < -0.4 is 0 Å². The minimum Gasteiger partial charge on any atom is -0.216 e. The number of benzene rings is 2. The fraction of sp³-hybridized carbons (Fsp3) is 0.481. The summed E-state index contributed by atoms with van der Waals surface area (Å²) < 4.78 is 12.1. The van der Waals surface area contributed by atoms with Crippen molar-refractivity contribution in [2.45, 2.75) is 77.0 Å². The molecule has 2 aromatic rings. The maximum Gasteiger partial charge on any atom is 0.0827 e. The highest BCUT2D eigenvalue weighted by Crippen LogP contribution is 2.38. The van der Waals surface area contributed by atoms with Gasteiger partial charge in [0.05, 0.1) is 6.33 Å². The molecule has 3 rings (SSSR count). The molecule has 0 nitrogen and oxygen atoms in total. The van der Waals surface area contributed by atoms with Gasteiger partial charge in [-0.1, -0.05) is 74.4 Å². The topological polar surface area (TPSA) is 0 Å². The molecule has 0 N–H and O–H groups in total. The van der Waals surface area contributed by atoms with Crippen LogP contribution in [0.4, 0.5) is 4.39 Å². The molecule has 1 aliphatic carbocycles. The van der Waals surface area contributed by atoms with Crippen LogP contribution in [0.25, 0.3) is 11.1 Å². The lowest BCUT2D eigenvalue weighted by atomic mass is 9.77. The Bertz CT molecular complexity index is 703. The second-order valence-electron chi connectivity index (χ2n) is 8.43. The maximum absolute atomic E-state index is 12.1. The van der Waals surface area contributed by atoms with E-state index in [2.05, 4.69) is 55.5 Å². The van der Waals surface area contributed by atoms with Gasteiger partial charge in [0.1, 0.15) is 0 Å². The van der Waals surface area contributed by atoms with Crippen LogP contribution >= 0.6 is 0 Å². The van der Waals surface area contributed by atoms with Gasteiger partial charge in [-0.15, -0.1) is 0 Å². The second-order valence-corrected chi connectivity index (χ2v) is 8.43. The van der Waals surface area contributed by atoms with Crippen LogP contribution in [-0.2, 0) is 6.42 Å². The molecule has 0 saturated heterocycles. The van der Waals surface area contributed by atoms with Crippen molar-refractivity contribution < 1.29 is 4.39 Å². The zero-order valence-electron chi connectivity index (χ0n) is 17.4. The van der Waals surface area contributed by atoms with Crippen molar-refractivity contribution in [3.05, 3.63) is 72.1 Å². The van der Waals surface area contributed by atoms with Crippen LogP contribution in [0.2, 0.25) is 0 Å². The summed E-state index contributed by atoms with van der Waals surface area (Å²) in [4.78, 5) is 0. The smallest absolute Gasteiger partial charge is 0.0827 e. The van der Waals surface area contributed by atoms with Gasteiger partial charge >= 0.3 is 0 Å². The molecule has 0 radical (unpaired) electrons. The van der Waals surface area contributed by atoms with E-state index in [1.54, 1.807) is 6.08 Å². The summed E-state index contributed by atoms with van der Waals surface area (Å²) in [7, 11) is 0. The highest BCUT2D eigenvalue weighted by molar-refractivity contribution is 5.64. The SMILES string of the molecule is CCCCCc1ccc(-c2ccc(C3CCC(CC/C=C/F)CC3)cc2)cc1. The molecule has 150 valence electrons. The van der Waals surface area contributed by atoms with Gasteiger partial charge in [-0.25, -0.2) is 4.39 Å². The van der Waals surface area contributed by atoms with Gasteiger partial charge in [0.25, 0.3) is 0 Å². The number of unbranched alkanes of at least 4 members (excludes halogenated alkanes) is 2. The second kappa shape index (κ2) is 11.2. The Labute approximate surface area is 170 Å². The number of aryl methyl sites for hydroxylation is 1. The molecule has 0 amide bonds. The van der Waals surface area contributed by atoms with Gasteiger partial charge in [-0.3, -0.25) is 0 Å². The molecule has 2 aromatic carbocycles. The molecule has 0 unspecified atom stereocenters. The average Bonchev–Trinajstić information content (AvgIpc) is 2.75. The molecule has 1 aliphatic rings. The minimum absolute atomic E-state index is 0.688. The summed E-state index contributed by atoms with van der Waals surface area (Å²) >= 11 is 0. The summed E-state index contributed by atoms with van der Waals surface area (Å²) in [5.74, 6) is 1.48. The molecule has 28 heavy (non-hydrogen) atoms. The van der Waals surface area contributed by atoms with Gasteiger partial charge in [0.2, 0.25) is 0 Å². The quantitative estimate of drug-likeness (QED) is 0.383. The normalized spacial score (nSPS) is 19.9. The molecule has 0 atom stereocenters. The molecule has 1 saturated carbocycles. The van der Waals surface area contributed by atoms with Gasteiger partial charge in [-0.05, 0) is 85.5 Å². The Morgan fingerprint density at radius 1 is 0.857 bits per heavy atom. The van der Waals surface area contributed by atoms with Crippen molar-refractivity contribution >= 4 is 0 Å². The first-order chi connectivity index (χ1) is 13.8. The summed E-state index contributed by atoms with van der Waals surface area (Å²) in [5.41, 5.74) is 5.57. The lowest BCUT2D eigenvalue weighted by Crippen LogP contribution is -2.13.